The van der Waals surface area contributed by atoms with Crippen LogP contribution < -0.4 is 5.32 Å². The van der Waals surface area contributed by atoms with Crippen molar-refractivity contribution < 1.29 is 0 Å². The summed E-state index contributed by atoms with van der Waals surface area (Å²) >= 11 is 13.7. The van der Waals surface area contributed by atoms with Crippen molar-refractivity contribution in [1.82, 2.24) is 10.3 Å². The fourth-order valence-electron chi connectivity index (χ4n) is 1.83. The molecule has 0 aliphatic rings. The Morgan fingerprint density at radius 2 is 2.17 bits per heavy atom. The van der Waals surface area contributed by atoms with Crippen LogP contribution in [0.15, 0.2) is 29.9 Å². The minimum absolute atomic E-state index is 0.241. The highest BCUT2D eigenvalue weighted by Crippen LogP contribution is 2.27. The lowest BCUT2D eigenvalue weighted by Gasteiger charge is -2.18. The van der Waals surface area contributed by atoms with Gasteiger partial charge in [-0.15, -0.1) is 11.3 Å². The fourth-order valence-corrected chi connectivity index (χ4v) is 2.78. The molecule has 0 spiro atoms. The summed E-state index contributed by atoms with van der Waals surface area (Å²) in [5.74, 6) is 0. The van der Waals surface area contributed by atoms with Crippen LogP contribution in [0.1, 0.15) is 23.4 Å². The molecule has 1 aromatic carbocycles. The zero-order valence-electron chi connectivity index (χ0n) is 9.99. The van der Waals surface area contributed by atoms with E-state index in [2.05, 4.69) is 17.2 Å². The second kappa shape index (κ2) is 6.53. The second-order valence-corrected chi connectivity index (χ2v) is 5.74. The van der Waals surface area contributed by atoms with E-state index in [1.807, 2.05) is 29.9 Å². The van der Waals surface area contributed by atoms with Crippen molar-refractivity contribution >= 4 is 34.5 Å². The Morgan fingerprint density at radius 1 is 1.33 bits per heavy atom. The summed E-state index contributed by atoms with van der Waals surface area (Å²) in [6, 6.07) is 6.03. The van der Waals surface area contributed by atoms with Gasteiger partial charge in [-0.3, -0.25) is 4.98 Å². The van der Waals surface area contributed by atoms with Gasteiger partial charge in [-0.05, 0) is 24.2 Å². The van der Waals surface area contributed by atoms with E-state index >= 15 is 0 Å². The molecule has 2 aromatic rings. The van der Waals surface area contributed by atoms with Gasteiger partial charge in [-0.1, -0.05) is 36.2 Å². The summed E-state index contributed by atoms with van der Waals surface area (Å²) in [5, 5.41) is 4.65. The van der Waals surface area contributed by atoms with E-state index in [1.165, 1.54) is 4.88 Å². The summed E-state index contributed by atoms with van der Waals surface area (Å²) < 4.78 is 0. The molecule has 5 heteroatoms. The Morgan fingerprint density at radius 3 is 2.78 bits per heavy atom. The van der Waals surface area contributed by atoms with Crippen LogP contribution >= 0.6 is 34.5 Å². The zero-order chi connectivity index (χ0) is 13.0. The second-order valence-electron chi connectivity index (χ2n) is 3.96. The number of hydrogen-bond donors (Lipinski definition) is 1. The molecule has 1 atom stereocenters. The summed E-state index contributed by atoms with van der Waals surface area (Å²) in [6.45, 7) is 3.00. The summed E-state index contributed by atoms with van der Waals surface area (Å²) in [4.78, 5) is 5.36. The third kappa shape index (κ3) is 3.45. The van der Waals surface area contributed by atoms with Crippen LogP contribution in [-0.2, 0) is 6.42 Å². The highest BCUT2D eigenvalue weighted by molar-refractivity contribution is 7.09. The molecule has 1 N–H and O–H groups in total. The number of aromatic nitrogens is 1. The molecular formula is C13H14Cl2N2S. The minimum Gasteiger partial charge on any atom is -0.310 e. The third-order valence-corrected chi connectivity index (χ3v) is 4.23. The number of hydrogen-bond acceptors (Lipinski definition) is 3. The predicted octanol–water partition coefficient (Wildman–Crippen LogP) is 4.34. The molecule has 2 rings (SSSR count). The van der Waals surface area contributed by atoms with Crippen LogP contribution in [0, 0.1) is 0 Å². The van der Waals surface area contributed by atoms with Gasteiger partial charge < -0.3 is 5.32 Å². The first-order valence-electron chi connectivity index (χ1n) is 5.76. The molecule has 2 nitrogen and oxygen atoms in total. The van der Waals surface area contributed by atoms with Gasteiger partial charge in [-0.25, -0.2) is 0 Å². The van der Waals surface area contributed by atoms with Gasteiger partial charge in [0, 0.05) is 23.5 Å². The standard InChI is InChI=1S/C13H14Cl2N2S/c1-2-17-13(6-10-7-16-8-18-10)9-3-4-11(14)12(15)5-9/h3-5,7-8,13,17H,2,6H2,1H3. The van der Waals surface area contributed by atoms with Gasteiger partial charge >= 0.3 is 0 Å². The van der Waals surface area contributed by atoms with Gasteiger partial charge in [-0.2, -0.15) is 0 Å². The van der Waals surface area contributed by atoms with E-state index in [1.54, 1.807) is 11.3 Å². The van der Waals surface area contributed by atoms with E-state index in [4.69, 9.17) is 23.2 Å². The van der Waals surface area contributed by atoms with Crippen molar-refractivity contribution in [3.8, 4) is 0 Å². The molecule has 0 saturated heterocycles. The molecule has 0 amide bonds. The fraction of sp³-hybridized carbons (Fsp3) is 0.308. The molecule has 18 heavy (non-hydrogen) atoms. The van der Waals surface area contributed by atoms with Crippen molar-refractivity contribution in [2.75, 3.05) is 6.54 Å². The number of thiazole rings is 1. The summed E-state index contributed by atoms with van der Waals surface area (Å²) in [6.07, 6.45) is 2.82. The van der Waals surface area contributed by atoms with Crippen LogP contribution in [0.2, 0.25) is 10.0 Å². The molecule has 0 aliphatic carbocycles. The van der Waals surface area contributed by atoms with Gasteiger partial charge in [0.15, 0.2) is 0 Å². The van der Waals surface area contributed by atoms with Crippen molar-refractivity contribution in [1.29, 1.82) is 0 Å². The highest BCUT2D eigenvalue weighted by atomic mass is 35.5. The van der Waals surface area contributed by atoms with E-state index in [0.29, 0.717) is 10.0 Å². The monoisotopic (exact) mass is 300 g/mol. The third-order valence-electron chi connectivity index (χ3n) is 2.69. The maximum Gasteiger partial charge on any atom is 0.0794 e. The summed E-state index contributed by atoms with van der Waals surface area (Å²) in [7, 11) is 0. The van der Waals surface area contributed by atoms with E-state index in [0.717, 1.165) is 18.5 Å². The van der Waals surface area contributed by atoms with Gasteiger partial charge in [0.1, 0.15) is 0 Å². The molecule has 0 saturated carbocycles. The molecular weight excluding hydrogens is 287 g/mol. The molecule has 0 bridgehead atoms. The Hall–Kier alpha value is -0.610. The van der Waals surface area contributed by atoms with E-state index < -0.39 is 0 Å². The zero-order valence-corrected chi connectivity index (χ0v) is 12.3. The molecule has 1 unspecified atom stereocenters. The van der Waals surface area contributed by atoms with E-state index in [9.17, 15) is 0 Å². The molecule has 0 fully saturated rings. The number of likely N-dealkylation sites (N-methyl/N-ethyl adjacent to an activating group) is 1. The van der Waals surface area contributed by atoms with Crippen LogP contribution in [0.25, 0.3) is 0 Å². The van der Waals surface area contributed by atoms with Gasteiger partial charge in [0.2, 0.25) is 0 Å². The Bertz CT molecular complexity index is 500. The molecule has 0 aliphatic heterocycles. The first kappa shape index (κ1) is 13.8. The molecule has 0 radical (unpaired) electrons. The Kier molecular flexibility index (Phi) is 5.01. The van der Waals surface area contributed by atoms with Gasteiger partial charge in [0.05, 0.1) is 15.6 Å². The van der Waals surface area contributed by atoms with Gasteiger partial charge in [0.25, 0.3) is 0 Å². The maximum absolute atomic E-state index is 6.07. The first-order chi connectivity index (χ1) is 8.70. The Labute approximate surface area is 121 Å². The van der Waals surface area contributed by atoms with Crippen LogP contribution in [0.3, 0.4) is 0 Å². The average molecular weight is 301 g/mol. The molecule has 96 valence electrons. The number of nitrogens with zero attached hydrogens (tertiary/aromatic N) is 1. The van der Waals surface area contributed by atoms with Crippen molar-refractivity contribution in [3.05, 3.63) is 50.4 Å². The number of nitrogens with one attached hydrogen (secondary N) is 1. The SMILES string of the molecule is CCNC(Cc1cncs1)c1ccc(Cl)c(Cl)c1. The lowest BCUT2D eigenvalue weighted by molar-refractivity contribution is 0.553. The number of rotatable bonds is 5. The van der Waals surface area contributed by atoms with Crippen molar-refractivity contribution in [2.24, 2.45) is 0 Å². The maximum atomic E-state index is 6.07. The highest BCUT2D eigenvalue weighted by Gasteiger charge is 2.13. The van der Waals surface area contributed by atoms with E-state index in [-0.39, 0.29) is 6.04 Å². The minimum atomic E-state index is 0.241. The molecule has 1 heterocycles. The summed E-state index contributed by atoms with van der Waals surface area (Å²) in [5.41, 5.74) is 3.01. The molecule has 1 aromatic heterocycles. The average Bonchev–Trinajstić information content (AvgIpc) is 2.85. The lowest BCUT2D eigenvalue weighted by Crippen LogP contribution is -2.22. The quantitative estimate of drug-likeness (QED) is 0.888. The number of benzene rings is 1. The lowest BCUT2D eigenvalue weighted by atomic mass is 10.0. The normalized spacial score (nSPS) is 12.6. The Balaban J connectivity index is 2.20. The first-order valence-corrected chi connectivity index (χ1v) is 7.40. The van der Waals surface area contributed by atoms with Crippen LogP contribution in [0.4, 0.5) is 0 Å². The van der Waals surface area contributed by atoms with Crippen molar-refractivity contribution in [3.63, 3.8) is 0 Å². The largest absolute Gasteiger partial charge is 0.310 e. The predicted molar refractivity (Wildman–Crippen MR) is 78.7 cm³/mol. The topological polar surface area (TPSA) is 24.9 Å². The smallest absolute Gasteiger partial charge is 0.0794 e. The number of halogens is 2. The van der Waals surface area contributed by atoms with Crippen LogP contribution in [-0.4, -0.2) is 11.5 Å². The van der Waals surface area contributed by atoms with Crippen LogP contribution in [0.5, 0.6) is 0 Å². The van der Waals surface area contributed by atoms with Crippen molar-refractivity contribution in [2.45, 2.75) is 19.4 Å².